The van der Waals surface area contributed by atoms with Gasteiger partial charge in [-0.2, -0.15) is 0 Å². The second kappa shape index (κ2) is 10.2. The zero-order chi connectivity index (χ0) is 22.5. The first kappa shape index (κ1) is 22.3. The molecule has 0 aliphatic carbocycles. The van der Waals surface area contributed by atoms with Crippen molar-refractivity contribution in [3.63, 3.8) is 0 Å². The van der Waals surface area contributed by atoms with Crippen molar-refractivity contribution in [1.82, 2.24) is 14.9 Å². The number of carbonyl (C=O) groups is 1. The fourth-order valence-electron chi connectivity index (χ4n) is 4.20. The molecule has 0 saturated carbocycles. The largest absolute Gasteiger partial charge is 0.492 e. The Morgan fingerprint density at radius 3 is 2.72 bits per heavy atom. The Morgan fingerprint density at radius 1 is 1.22 bits per heavy atom. The molecule has 0 radical (unpaired) electrons. The summed E-state index contributed by atoms with van der Waals surface area (Å²) in [4.78, 5) is 17.4. The quantitative estimate of drug-likeness (QED) is 0.515. The molecule has 6 nitrogen and oxygen atoms in total. The Labute approximate surface area is 189 Å². The van der Waals surface area contributed by atoms with E-state index in [2.05, 4.69) is 41.9 Å². The number of aromatic nitrogens is 2. The van der Waals surface area contributed by atoms with Gasteiger partial charge in [-0.1, -0.05) is 38.1 Å². The molecule has 0 spiro atoms. The summed E-state index contributed by atoms with van der Waals surface area (Å²) in [5.74, 6) is 2.18. The monoisotopic (exact) mass is 435 g/mol. The van der Waals surface area contributed by atoms with Crippen LogP contribution in [0.25, 0.3) is 11.0 Å². The number of benzene rings is 2. The summed E-state index contributed by atoms with van der Waals surface area (Å²) >= 11 is 0. The lowest BCUT2D eigenvalue weighted by Crippen LogP contribution is -2.36. The highest BCUT2D eigenvalue weighted by atomic mass is 16.5. The summed E-state index contributed by atoms with van der Waals surface area (Å²) in [6, 6.07) is 16.2. The topological polar surface area (TPSA) is 65.4 Å². The van der Waals surface area contributed by atoms with Crippen LogP contribution in [0.2, 0.25) is 0 Å². The van der Waals surface area contributed by atoms with Gasteiger partial charge in [0.05, 0.1) is 23.6 Å². The van der Waals surface area contributed by atoms with E-state index in [1.54, 1.807) is 0 Å². The average molecular weight is 436 g/mol. The third-order valence-electron chi connectivity index (χ3n) is 6.30. The van der Waals surface area contributed by atoms with Crippen molar-refractivity contribution < 1.29 is 14.3 Å². The van der Waals surface area contributed by atoms with E-state index in [-0.39, 0.29) is 18.1 Å². The van der Waals surface area contributed by atoms with Crippen LogP contribution in [0, 0.1) is 0 Å². The number of ether oxygens (including phenoxy) is 2. The Bertz CT molecular complexity index is 1040. The summed E-state index contributed by atoms with van der Waals surface area (Å²) in [6.45, 7) is 8.22. The van der Waals surface area contributed by atoms with Gasteiger partial charge in [0.1, 0.15) is 24.3 Å². The van der Waals surface area contributed by atoms with E-state index in [1.165, 1.54) is 5.56 Å². The first-order valence-electron chi connectivity index (χ1n) is 11.7. The molecule has 32 heavy (non-hydrogen) atoms. The first-order valence-corrected chi connectivity index (χ1v) is 11.7. The van der Waals surface area contributed by atoms with Gasteiger partial charge in [0, 0.05) is 6.61 Å². The van der Waals surface area contributed by atoms with Crippen LogP contribution in [0.15, 0.2) is 48.5 Å². The predicted molar refractivity (Wildman–Crippen MR) is 126 cm³/mol. The Kier molecular flexibility index (Phi) is 7.10. The minimum atomic E-state index is -0.350. The molecule has 6 heteroatoms. The van der Waals surface area contributed by atoms with Gasteiger partial charge in [-0.3, -0.25) is 4.79 Å². The van der Waals surface area contributed by atoms with E-state index < -0.39 is 0 Å². The molecule has 1 fully saturated rings. The molecule has 1 aliphatic rings. The number of para-hydroxylation sites is 2. The first-order chi connectivity index (χ1) is 15.6. The fourth-order valence-corrected chi connectivity index (χ4v) is 4.20. The smallest absolute Gasteiger partial charge is 0.249 e. The molecule has 1 saturated heterocycles. The predicted octanol–water partition coefficient (Wildman–Crippen LogP) is 4.99. The lowest BCUT2D eigenvalue weighted by Gasteiger charge is -2.18. The van der Waals surface area contributed by atoms with Crippen molar-refractivity contribution >= 4 is 16.9 Å². The number of fused-ring (bicyclic) bond motifs is 1. The maximum atomic E-state index is 12.6. The molecule has 1 N–H and O–H groups in total. The lowest BCUT2D eigenvalue weighted by molar-refractivity contribution is -0.130. The van der Waals surface area contributed by atoms with Crippen LogP contribution >= 0.6 is 0 Å². The number of hydrogen-bond donors (Lipinski definition) is 1. The number of nitrogens with one attached hydrogen (secondary N) is 1. The van der Waals surface area contributed by atoms with Crippen LogP contribution in [-0.2, 0) is 16.1 Å². The highest BCUT2D eigenvalue weighted by Gasteiger charge is 2.26. The number of hydrogen-bond acceptors (Lipinski definition) is 4. The second-order valence-electron chi connectivity index (χ2n) is 8.57. The highest BCUT2D eigenvalue weighted by molar-refractivity contribution is 5.81. The number of imidazole rings is 1. The molecule has 0 bridgehead atoms. The fraction of sp³-hybridized carbons (Fsp3) is 0.462. The summed E-state index contributed by atoms with van der Waals surface area (Å²) < 4.78 is 13.7. The Morgan fingerprint density at radius 2 is 2.00 bits per heavy atom. The van der Waals surface area contributed by atoms with Gasteiger partial charge in [-0.05, 0) is 61.9 Å². The number of rotatable bonds is 9. The SMILES string of the molecule is CCC(C)c1ccc(OCCn2c(C(C)NC(=O)C3CCCO3)nc3ccccc32)cc1. The number of nitrogens with zero attached hydrogens (tertiary/aromatic N) is 2. The molecule has 3 atom stereocenters. The zero-order valence-electron chi connectivity index (χ0n) is 19.2. The van der Waals surface area contributed by atoms with Crippen molar-refractivity contribution in [3.05, 3.63) is 59.9 Å². The summed E-state index contributed by atoms with van der Waals surface area (Å²) in [7, 11) is 0. The molecule has 2 heterocycles. The highest BCUT2D eigenvalue weighted by Crippen LogP contribution is 2.24. The summed E-state index contributed by atoms with van der Waals surface area (Å²) in [5, 5.41) is 3.08. The molecule has 170 valence electrons. The van der Waals surface area contributed by atoms with E-state index in [0.29, 0.717) is 25.7 Å². The minimum absolute atomic E-state index is 0.0637. The van der Waals surface area contributed by atoms with Crippen molar-refractivity contribution in [2.24, 2.45) is 0 Å². The molecule has 2 aromatic carbocycles. The molecular formula is C26H33N3O3. The van der Waals surface area contributed by atoms with Crippen molar-refractivity contribution in [2.45, 2.75) is 64.6 Å². The number of amides is 1. The van der Waals surface area contributed by atoms with E-state index in [0.717, 1.165) is 41.9 Å². The van der Waals surface area contributed by atoms with E-state index in [1.807, 2.05) is 37.3 Å². The average Bonchev–Trinajstić information content (AvgIpc) is 3.48. The standard InChI is InChI=1S/C26H33N3O3/c1-4-18(2)20-11-13-21(14-12-20)31-17-15-29-23-9-6-5-8-22(23)28-25(29)19(3)27-26(30)24-10-7-16-32-24/h5-6,8-9,11-14,18-19,24H,4,7,10,15-17H2,1-3H3,(H,27,30). The second-order valence-corrected chi connectivity index (χ2v) is 8.57. The Hall–Kier alpha value is -2.86. The molecule has 3 aromatic rings. The Balaban J connectivity index is 1.46. The summed E-state index contributed by atoms with van der Waals surface area (Å²) in [5.41, 5.74) is 3.29. The third-order valence-corrected chi connectivity index (χ3v) is 6.30. The molecule has 1 amide bonds. The van der Waals surface area contributed by atoms with Gasteiger partial charge in [0.25, 0.3) is 0 Å². The number of carbonyl (C=O) groups excluding carboxylic acids is 1. The zero-order valence-corrected chi connectivity index (χ0v) is 19.2. The summed E-state index contributed by atoms with van der Waals surface area (Å²) in [6.07, 6.45) is 2.48. The molecule has 4 rings (SSSR count). The van der Waals surface area contributed by atoms with E-state index in [4.69, 9.17) is 14.5 Å². The lowest BCUT2D eigenvalue weighted by atomic mass is 9.99. The molecular weight excluding hydrogens is 402 g/mol. The van der Waals surface area contributed by atoms with Crippen LogP contribution in [0.1, 0.15) is 63.4 Å². The maximum Gasteiger partial charge on any atom is 0.249 e. The molecule has 3 unspecified atom stereocenters. The van der Waals surface area contributed by atoms with E-state index >= 15 is 0 Å². The van der Waals surface area contributed by atoms with Gasteiger partial charge in [-0.15, -0.1) is 0 Å². The van der Waals surface area contributed by atoms with E-state index in [9.17, 15) is 4.79 Å². The maximum absolute atomic E-state index is 12.6. The van der Waals surface area contributed by atoms with Crippen LogP contribution in [-0.4, -0.2) is 34.8 Å². The third kappa shape index (κ3) is 4.96. The van der Waals surface area contributed by atoms with Crippen LogP contribution in [0.3, 0.4) is 0 Å². The van der Waals surface area contributed by atoms with Gasteiger partial charge in [0.2, 0.25) is 5.91 Å². The van der Waals surface area contributed by atoms with Crippen LogP contribution < -0.4 is 10.1 Å². The van der Waals surface area contributed by atoms with Gasteiger partial charge in [0.15, 0.2) is 0 Å². The minimum Gasteiger partial charge on any atom is -0.492 e. The van der Waals surface area contributed by atoms with Gasteiger partial charge >= 0.3 is 0 Å². The van der Waals surface area contributed by atoms with Crippen molar-refractivity contribution in [2.75, 3.05) is 13.2 Å². The van der Waals surface area contributed by atoms with Crippen molar-refractivity contribution in [3.8, 4) is 5.75 Å². The van der Waals surface area contributed by atoms with Crippen LogP contribution in [0.5, 0.6) is 5.75 Å². The van der Waals surface area contributed by atoms with Gasteiger partial charge in [-0.25, -0.2) is 4.98 Å². The van der Waals surface area contributed by atoms with Gasteiger partial charge < -0.3 is 19.4 Å². The van der Waals surface area contributed by atoms with Crippen molar-refractivity contribution in [1.29, 1.82) is 0 Å². The molecule has 1 aromatic heterocycles. The molecule has 1 aliphatic heterocycles. The normalized spacial score (nSPS) is 17.9. The van der Waals surface area contributed by atoms with Crippen LogP contribution in [0.4, 0.5) is 0 Å².